The van der Waals surface area contributed by atoms with Crippen molar-refractivity contribution in [3.8, 4) is 0 Å². The van der Waals surface area contributed by atoms with Gasteiger partial charge in [-0.2, -0.15) is 52.7 Å². The van der Waals surface area contributed by atoms with E-state index >= 15 is 0 Å². The highest BCUT2D eigenvalue weighted by Gasteiger charge is 2.71. The van der Waals surface area contributed by atoms with E-state index in [9.17, 15) is 62.3 Å². The zero-order chi connectivity index (χ0) is 30.8. The Morgan fingerprint density at radius 3 is 1.44 bits per heavy atom. The van der Waals surface area contributed by atoms with Crippen LogP contribution in [0.3, 0.4) is 0 Å². The first kappa shape index (κ1) is 33.5. The molecule has 0 amide bonds. The van der Waals surface area contributed by atoms with E-state index in [0.29, 0.717) is 0 Å². The van der Waals surface area contributed by atoms with Gasteiger partial charge in [-0.15, -0.1) is 0 Å². The van der Waals surface area contributed by atoms with Gasteiger partial charge in [-0.25, -0.2) is 0 Å². The maximum absolute atomic E-state index is 13.0. The molecule has 4 nitrogen and oxygen atoms in total. The van der Waals surface area contributed by atoms with E-state index in [0.717, 1.165) is 0 Å². The van der Waals surface area contributed by atoms with Gasteiger partial charge in [0.2, 0.25) is 0 Å². The van der Waals surface area contributed by atoms with Crippen molar-refractivity contribution in [2.75, 3.05) is 0 Å². The van der Waals surface area contributed by atoms with E-state index in [1.54, 1.807) is 33.9 Å². The molecule has 0 bridgehead atoms. The number of alkyl halides is 12. The average Bonchev–Trinajstić information content (AvgIpc) is 2.66. The van der Waals surface area contributed by atoms with Gasteiger partial charge >= 0.3 is 36.6 Å². The highest BCUT2D eigenvalue weighted by Crippen LogP contribution is 2.74. The van der Waals surface area contributed by atoms with E-state index in [2.05, 4.69) is 9.47 Å². The van der Waals surface area contributed by atoms with E-state index in [4.69, 9.17) is 0 Å². The van der Waals surface area contributed by atoms with Crippen LogP contribution in [0.1, 0.15) is 46.5 Å². The number of hydrogen-bond acceptors (Lipinski definition) is 4. The molecule has 0 aromatic heterocycles. The molecule has 4 atom stereocenters. The molecular weight excluding hydrogens is 584 g/mol. The van der Waals surface area contributed by atoms with Gasteiger partial charge in [0.15, 0.2) is 0 Å². The van der Waals surface area contributed by atoms with Gasteiger partial charge in [-0.1, -0.05) is 33.9 Å². The fourth-order valence-corrected chi connectivity index (χ4v) is 10.4. The number of ether oxygens (including phenoxy) is 2. The molecule has 17 heteroatoms. The molecule has 0 spiro atoms. The molecule has 39 heavy (non-hydrogen) atoms. The average molecular weight is 613 g/mol. The van der Waals surface area contributed by atoms with E-state index in [1.165, 1.54) is 0 Å². The summed E-state index contributed by atoms with van der Waals surface area (Å²) < 4.78 is 163. The van der Waals surface area contributed by atoms with Gasteiger partial charge in [0, 0.05) is 0 Å². The van der Waals surface area contributed by atoms with Crippen LogP contribution in [-0.2, 0) is 19.1 Å². The Morgan fingerprint density at radius 1 is 0.718 bits per heavy atom. The van der Waals surface area contributed by atoms with E-state index < -0.39 is 84.8 Å². The zero-order valence-corrected chi connectivity index (χ0v) is 22.4. The van der Waals surface area contributed by atoms with Crippen LogP contribution in [0.15, 0.2) is 0 Å². The van der Waals surface area contributed by atoms with Gasteiger partial charge in [0.25, 0.3) is 12.2 Å². The molecule has 2 rings (SSSR count). The largest absolute Gasteiger partial charge is 0.443 e. The Bertz CT molecular complexity index is 904. The summed E-state index contributed by atoms with van der Waals surface area (Å²) >= 11 is 0. The molecule has 0 aromatic rings. The predicted octanol–water partition coefficient (Wildman–Crippen LogP) is 7.74. The van der Waals surface area contributed by atoms with Crippen molar-refractivity contribution in [2.24, 2.45) is 17.8 Å². The minimum absolute atomic E-state index is 0.209. The Labute approximate surface area is 216 Å². The van der Waals surface area contributed by atoms with Crippen molar-refractivity contribution < 1.29 is 71.7 Å². The normalized spacial score (nSPS) is 27.2. The first-order valence-electron chi connectivity index (χ1n) is 11.8. The van der Waals surface area contributed by atoms with Crippen molar-refractivity contribution >= 4 is 20.0 Å². The van der Waals surface area contributed by atoms with Crippen LogP contribution in [0.25, 0.3) is 0 Å². The number of hydrogen-bond donors (Lipinski definition) is 0. The summed E-state index contributed by atoms with van der Waals surface area (Å²) in [5.41, 5.74) is 0. The lowest BCUT2D eigenvalue weighted by Gasteiger charge is -2.68. The SMILES string of the molecule is CC(C)(C)[Si](C)(C)[C@@]12CC[C@@H](C(=O)OC(C(F)(F)F)C(F)(F)F)C[C@@H]1C[C@@H]2C(=O)OC(C(F)(F)F)C(F)(F)F. The monoisotopic (exact) mass is 612 g/mol. The summed E-state index contributed by atoms with van der Waals surface area (Å²) in [6.45, 7) is 8.73. The molecule has 0 N–H and O–H groups in total. The number of fused-ring (bicyclic) bond motifs is 1. The van der Waals surface area contributed by atoms with Gasteiger partial charge < -0.3 is 9.47 Å². The maximum Gasteiger partial charge on any atom is 0.434 e. The first-order chi connectivity index (χ1) is 17.1. The summed E-state index contributed by atoms with van der Waals surface area (Å²) in [4.78, 5) is 25.2. The Balaban J connectivity index is 2.38. The standard InChI is InChI=1S/C22H28F12O4Si/c1-17(2,3)39(4,5)18-7-6-10(13(35)37-15(19(23,24)25)20(26,27)28)8-11(18)9-12(18)14(36)38-16(21(29,30)31)22(32,33)34/h10-12,15-16H,6-9H2,1-5H3/t10-,11-,12-,18+/m1/s1. The van der Waals surface area contributed by atoms with Crippen LogP contribution in [-0.4, -0.2) is 56.9 Å². The third-order valence-electron chi connectivity index (χ3n) is 8.66. The fraction of sp³-hybridized carbons (Fsp3) is 0.909. The number of carbonyl (C=O) groups excluding carboxylic acids is 2. The van der Waals surface area contributed by atoms with Crippen molar-refractivity contribution in [2.45, 2.75) is 107 Å². The second-order valence-electron chi connectivity index (χ2n) is 11.7. The van der Waals surface area contributed by atoms with E-state index in [1.807, 2.05) is 0 Å². The minimum atomic E-state index is -5.95. The van der Waals surface area contributed by atoms with Crippen LogP contribution in [0.4, 0.5) is 52.7 Å². The second kappa shape index (κ2) is 10.00. The molecule has 0 radical (unpaired) electrons. The molecule has 0 aliphatic heterocycles. The third kappa shape index (κ3) is 6.31. The van der Waals surface area contributed by atoms with Crippen molar-refractivity contribution in [1.82, 2.24) is 0 Å². The van der Waals surface area contributed by atoms with Gasteiger partial charge in [0.05, 0.1) is 19.9 Å². The summed E-state index contributed by atoms with van der Waals surface area (Å²) in [6, 6.07) is 0. The fourth-order valence-electron chi connectivity index (χ4n) is 5.91. The van der Waals surface area contributed by atoms with Crippen molar-refractivity contribution in [3.05, 3.63) is 0 Å². The molecule has 0 heterocycles. The molecular formula is C22H28F12O4Si. The molecule has 0 saturated heterocycles. The third-order valence-corrected chi connectivity index (χ3v) is 15.7. The van der Waals surface area contributed by atoms with Crippen LogP contribution < -0.4 is 0 Å². The molecule has 2 saturated carbocycles. The maximum atomic E-state index is 13.0. The molecule has 0 aromatic carbocycles. The second-order valence-corrected chi connectivity index (χ2v) is 17.4. The smallest absolute Gasteiger partial charge is 0.434 e. The van der Waals surface area contributed by atoms with Crippen LogP contribution in [0, 0.1) is 17.8 Å². The zero-order valence-electron chi connectivity index (χ0n) is 21.4. The molecule has 0 unspecified atom stereocenters. The Morgan fingerprint density at radius 2 is 1.10 bits per heavy atom. The number of esters is 2. The Kier molecular flexibility index (Phi) is 8.59. The van der Waals surface area contributed by atoms with Crippen molar-refractivity contribution in [3.63, 3.8) is 0 Å². The van der Waals surface area contributed by atoms with E-state index in [-0.39, 0.29) is 25.7 Å². The molecule has 2 aliphatic rings. The lowest BCUT2D eigenvalue weighted by Crippen LogP contribution is -2.66. The Hall–Kier alpha value is -1.68. The number of carbonyl (C=O) groups is 2. The highest BCUT2D eigenvalue weighted by atomic mass is 28.3. The quantitative estimate of drug-likeness (QED) is 0.181. The lowest BCUT2D eigenvalue weighted by molar-refractivity contribution is -0.316. The molecule has 228 valence electrons. The number of rotatable bonds is 5. The summed E-state index contributed by atoms with van der Waals surface area (Å²) in [7, 11) is -2.90. The molecule has 2 fully saturated rings. The van der Waals surface area contributed by atoms with Gasteiger partial charge in [0.1, 0.15) is 0 Å². The summed E-state index contributed by atoms with van der Waals surface area (Å²) in [5.74, 6) is -7.17. The summed E-state index contributed by atoms with van der Waals surface area (Å²) in [6.07, 6.45) is -33.8. The predicted molar refractivity (Wildman–Crippen MR) is 113 cm³/mol. The highest BCUT2D eigenvalue weighted by molar-refractivity contribution is 6.83. The van der Waals surface area contributed by atoms with Crippen LogP contribution in [0.2, 0.25) is 23.2 Å². The van der Waals surface area contributed by atoms with Crippen LogP contribution in [0.5, 0.6) is 0 Å². The van der Waals surface area contributed by atoms with Gasteiger partial charge in [-0.05, 0) is 41.7 Å². The number of halogens is 12. The summed E-state index contributed by atoms with van der Waals surface area (Å²) in [5, 5.41) is -1.84. The topological polar surface area (TPSA) is 52.6 Å². The molecule has 2 aliphatic carbocycles. The van der Waals surface area contributed by atoms with Crippen molar-refractivity contribution in [1.29, 1.82) is 0 Å². The first-order valence-corrected chi connectivity index (χ1v) is 14.8. The lowest BCUT2D eigenvalue weighted by atomic mass is 9.55. The van der Waals surface area contributed by atoms with Crippen LogP contribution >= 0.6 is 0 Å². The van der Waals surface area contributed by atoms with Gasteiger partial charge in [-0.3, -0.25) is 9.59 Å². The minimum Gasteiger partial charge on any atom is -0.443 e.